The molecule has 160 valence electrons. The lowest BCUT2D eigenvalue weighted by Crippen LogP contribution is -2.74. The van der Waals surface area contributed by atoms with Crippen molar-refractivity contribution in [1.29, 1.82) is 0 Å². The lowest BCUT2D eigenvalue weighted by Gasteiger charge is -2.53. The van der Waals surface area contributed by atoms with Crippen molar-refractivity contribution < 1.29 is 29.3 Å². The number of hydrogen-bond acceptors (Lipinski definition) is 8. The van der Waals surface area contributed by atoms with Crippen molar-refractivity contribution in [1.82, 2.24) is 9.80 Å². The zero-order chi connectivity index (χ0) is 20.7. The SMILES string of the molecule is CSC12CC3=CC(O)C4OC4C3N1C(=O)C1(SC)CC3=CC(O)C4OC4C3N1C2=O. The lowest BCUT2D eigenvalue weighted by molar-refractivity contribution is -0.166. The molecule has 2 amide bonds. The molecule has 0 bridgehead atoms. The monoisotopic (exact) mass is 450 g/mol. The number of thioether (sulfide) groups is 2. The highest BCUT2D eigenvalue weighted by Gasteiger charge is 2.76. The summed E-state index contributed by atoms with van der Waals surface area (Å²) >= 11 is 2.79. The number of hydrogen-bond donors (Lipinski definition) is 2. The first-order valence-electron chi connectivity index (χ1n) is 10.2. The van der Waals surface area contributed by atoms with Crippen molar-refractivity contribution in [2.45, 2.75) is 71.3 Å². The van der Waals surface area contributed by atoms with Crippen molar-refractivity contribution in [3.8, 4) is 0 Å². The molecular formula is C20H22N2O6S2. The number of piperazine rings is 1. The van der Waals surface area contributed by atoms with Crippen LogP contribution in [0.5, 0.6) is 0 Å². The molecule has 10 heteroatoms. The Morgan fingerprint density at radius 3 is 1.60 bits per heavy atom. The molecule has 10 unspecified atom stereocenters. The van der Waals surface area contributed by atoms with E-state index in [4.69, 9.17) is 9.47 Å². The fourth-order valence-electron chi connectivity index (χ4n) is 6.53. The van der Waals surface area contributed by atoms with Crippen LogP contribution in [-0.4, -0.2) is 103 Å². The number of rotatable bonds is 2. The van der Waals surface area contributed by atoms with Crippen LogP contribution in [-0.2, 0) is 19.1 Å². The molecule has 30 heavy (non-hydrogen) atoms. The molecule has 0 aromatic rings. The molecule has 2 aliphatic carbocycles. The Hall–Kier alpha value is -1.04. The van der Waals surface area contributed by atoms with Gasteiger partial charge in [-0.05, 0) is 23.7 Å². The Labute approximate surface area is 181 Å². The summed E-state index contributed by atoms with van der Waals surface area (Å²) < 4.78 is 11.5. The molecule has 0 spiro atoms. The molecule has 5 aliphatic heterocycles. The third-order valence-electron chi connectivity index (χ3n) is 7.95. The second kappa shape index (κ2) is 5.47. The molecule has 8 nitrogen and oxygen atoms in total. The van der Waals surface area contributed by atoms with Crippen LogP contribution in [0.15, 0.2) is 23.3 Å². The molecule has 2 N–H and O–H groups in total. The largest absolute Gasteiger partial charge is 0.386 e. The van der Waals surface area contributed by atoms with Crippen molar-refractivity contribution in [2.75, 3.05) is 12.5 Å². The summed E-state index contributed by atoms with van der Waals surface area (Å²) in [6, 6.07) is -0.610. The van der Waals surface area contributed by atoms with Gasteiger partial charge in [-0.1, -0.05) is 12.2 Å². The molecule has 7 rings (SSSR count). The van der Waals surface area contributed by atoms with E-state index in [1.165, 1.54) is 23.5 Å². The molecule has 5 fully saturated rings. The second-order valence-electron chi connectivity index (χ2n) is 9.17. The van der Waals surface area contributed by atoms with Gasteiger partial charge in [0.05, 0.1) is 12.1 Å². The highest BCUT2D eigenvalue weighted by atomic mass is 32.2. The first-order valence-corrected chi connectivity index (χ1v) is 12.7. The number of fused-ring (bicyclic) bond motifs is 10. The number of amides is 2. The van der Waals surface area contributed by atoms with Gasteiger partial charge in [-0.2, -0.15) is 0 Å². The number of carbonyl (C=O) groups excluding carboxylic acids is 2. The Kier molecular flexibility index (Phi) is 3.38. The van der Waals surface area contributed by atoms with E-state index < -0.39 is 21.9 Å². The first-order chi connectivity index (χ1) is 14.4. The molecule has 7 aliphatic rings. The van der Waals surface area contributed by atoms with E-state index in [1.54, 1.807) is 22.0 Å². The summed E-state index contributed by atoms with van der Waals surface area (Å²) in [5.41, 5.74) is 1.84. The number of aliphatic hydroxyl groups excluding tert-OH is 2. The van der Waals surface area contributed by atoms with E-state index >= 15 is 0 Å². The smallest absolute Gasteiger partial charge is 0.261 e. The summed E-state index contributed by atoms with van der Waals surface area (Å²) in [6.07, 6.45) is 5.65. The van der Waals surface area contributed by atoms with Crippen LogP contribution in [0.2, 0.25) is 0 Å². The zero-order valence-corrected chi connectivity index (χ0v) is 18.1. The zero-order valence-electron chi connectivity index (χ0n) is 16.4. The minimum Gasteiger partial charge on any atom is -0.386 e. The average Bonchev–Trinajstić information content (AvgIpc) is 3.63. The van der Waals surface area contributed by atoms with E-state index in [9.17, 15) is 19.8 Å². The van der Waals surface area contributed by atoms with Gasteiger partial charge in [0.1, 0.15) is 36.6 Å². The first kappa shape index (κ1) is 18.5. The van der Waals surface area contributed by atoms with Gasteiger partial charge < -0.3 is 29.5 Å². The summed E-state index contributed by atoms with van der Waals surface area (Å²) in [5, 5.41) is 20.6. The van der Waals surface area contributed by atoms with Crippen molar-refractivity contribution >= 4 is 35.3 Å². The number of ether oxygens (including phenoxy) is 2. The maximum Gasteiger partial charge on any atom is 0.261 e. The third kappa shape index (κ3) is 1.86. The van der Waals surface area contributed by atoms with Crippen LogP contribution in [0.25, 0.3) is 0 Å². The minimum absolute atomic E-state index is 0.0787. The normalized spacial score (nSPS) is 54.4. The molecule has 0 aromatic heterocycles. The van der Waals surface area contributed by atoms with Crippen LogP contribution >= 0.6 is 23.5 Å². The highest BCUT2D eigenvalue weighted by molar-refractivity contribution is 8.01. The Balaban J connectivity index is 1.40. The predicted octanol–water partition coefficient (Wildman–Crippen LogP) is -0.543. The van der Waals surface area contributed by atoms with Crippen LogP contribution in [0.1, 0.15) is 12.8 Å². The summed E-state index contributed by atoms with van der Waals surface area (Å²) in [6.45, 7) is 0. The molecule has 10 atom stereocenters. The van der Waals surface area contributed by atoms with Gasteiger partial charge >= 0.3 is 0 Å². The third-order valence-corrected chi connectivity index (χ3v) is 10.3. The van der Waals surface area contributed by atoms with E-state index in [0.29, 0.717) is 12.8 Å². The molecule has 5 saturated heterocycles. The molecule has 5 heterocycles. The van der Waals surface area contributed by atoms with Gasteiger partial charge in [0.25, 0.3) is 11.8 Å². The Morgan fingerprint density at radius 1 is 0.833 bits per heavy atom. The van der Waals surface area contributed by atoms with Crippen LogP contribution in [0.3, 0.4) is 0 Å². The minimum atomic E-state index is -1.04. The van der Waals surface area contributed by atoms with Gasteiger partial charge in [0.15, 0.2) is 9.74 Å². The van der Waals surface area contributed by atoms with Crippen LogP contribution < -0.4 is 0 Å². The van der Waals surface area contributed by atoms with Crippen LogP contribution in [0, 0.1) is 0 Å². The summed E-state index contributed by atoms with van der Waals surface area (Å²) in [5.74, 6) is -0.157. The van der Waals surface area contributed by atoms with Gasteiger partial charge in [-0.3, -0.25) is 9.59 Å². The van der Waals surface area contributed by atoms with E-state index in [-0.39, 0.29) is 48.3 Å². The Morgan fingerprint density at radius 2 is 1.23 bits per heavy atom. The standard InChI is InChI=1S/C20H22N2O6S2/c1-29-19-5-7-3-9(23)13-15(27-13)11(7)21(19)18(26)20(30-2)6-8-4-10(24)14-16(28-14)12(8)22(20)17(19)25/h3-4,9-16,23-24H,5-6H2,1-2H3. The van der Waals surface area contributed by atoms with Crippen molar-refractivity contribution in [3.05, 3.63) is 23.3 Å². The molecular weight excluding hydrogens is 428 g/mol. The van der Waals surface area contributed by atoms with Gasteiger partial charge in [0.2, 0.25) is 0 Å². The number of aliphatic hydroxyl groups is 2. The van der Waals surface area contributed by atoms with E-state index in [2.05, 4.69) is 0 Å². The maximum atomic E-state index is 14.2. The van der Waals surface area contributed by atoms with E-state index in [1.807, 2.05) is 12.5 Å². The Bertz CT molecular complexity index is 895. The van der Waals surface area contributed by atoms with E-state index in [0.717, 1.165) is 11.1 Å². The topological polar surface area (TPSA) is 106 Å². The maximum absolute atomic E-state index is 14.2. The van der Waals surface area contributed by atoms with Crippen LogP contribution in [0.4, 0.5) is 0 Å². The number of nitrogens with zero attached hydrogens (tertiary/aromatic N) is 2. The number of carbonyl (C=O) groups is 2. The highest BCUT2D eigenvalue weighted by Crippen LogP contribution is 2.62. The fourth-order valence-corrected chi connectivity index (χ4v) is 8.49. The molecule has 0 aromatic carbocycles. The summed E-state index contributed by atoms with van der Waals surface area (Å²) in [7, 11) is 0. The van der Waals surface area contributed by atoms with Gasteiger partial charge in [-0.15, -0.1) is 23.5 Å². The number of epoxide rings is 2. The molecule has 0 saturated carbocycles. The van der Waals surface area contributed by atoms with Gasteiger partial charge in [-0.25, -0.2) is 0 Å². The second-order valence-corrected chi connectivity index (χ2v) is 11.3. The molecule has 0 radical (unpaired) electrons. The predicted molar refractivity (Wildman–Crippen MR) is 108 cm³/mol. The fraction of sp³-hybridized carbons (Fsp3) is 0.700. The van der Waals surface area contributed by atoms with Crippen molar-refractivity contribution in [2.24, 2.45) is 0 Å². The summed E-state index contributed by atoms with van der Waals surface area (Å²) in [4.78, 5) is 29.9. The lowest BCUT2D eigenvalue weighted by atomic mass is 9.91. The van der Waals surface area contributed by atoms with Gasteiger partial charge in [0, 0.05) is 12.8 Å². The quantitative estimate of drug-likeness (QED) is 0.427. The van der Waals surface area contributed by atoms with Crippen molar-refractivity contribution in [3.63, 3.8) is 0 Å². The average molecular weight is 451 g/mol.